The van der Waals surface area contributed by atoms with E-state index in [9.17, 15) is 0 Å². The molecule has 1 N–H and O–H groups in total. The molecule has 0 amide bonds. The van der Waals surface area contributed by atoms with Gasteiger partial charge in [0, 0.05) is 5.56 Å². The molecular weight excluding hydrogens is 200 g/mol. The molecule has 2 aromatic rings. The van der Waals surface area contributed by atoms with Crippen LogP contribution in [-0.2, 0) is 0 Å². The van der Waals surface area contributed by atoms with Gasteiger partial charge in [0.05, 0.1) is 18.2 Å². The van der Waals surface area contributed by atoms with Crippen molar-refractivity contribution in [2.45, 2.75) is 26.4 Å². The normalized spacial score (nSPS) is 11.4. The average Bonchev–Trinajstić information content (AvgIpc) is 2.69. The number of rotatable bonds is 2. The van der Waals surface area contributed by atoms with Crippen LogP contribution in [0.5, 0.6) is 5.75 Å². The predicted octanol–water partition coefficient (Wildman–Crippen LogP) is 3.25. The Labute approximate surface area is 95.5 Å². The van der Waals surface area contributed by atoms with Crippen LogP contribution in [0, 0.1) is 0 Å². The second-order valence-corrected chi connectivity index (χ2v) is 4.68. The van der Waals surface area contributed by atoms with Gasteiger partial charge in [-0.2, -0.15) is 0 Å². The molecule has 0 unspecified atom stereocenters. The number of nitrogens with one attached hydrogen (secondary N) is 1. The molecule has 3 nitrogen and oxygen atoms in total. The number of imidazole rings is 1. The van der Waals surface area contributed by atoms with Crippen molar-refractivity contribution < 1.29 is 4.74 Å². The fourth-order valence-corrected chi connectivity index (χ4v) is 1.51. The lowest BCUT2D eigenvalue weighted by atomic mass is 10.1. The number of nitrogens with zero attached hydrogens (tertiary/aromatic N) is 1. The third kappa shape index (κ3) is 2.42. The van der Waals surface area contributed by atoms with Gasteiger partial charge < -0.3 is 9.72 Å². The smallest absolute Gasteiger partial charge is 0.129 e. The van der Waals surface area contributed by atoms with Gasteiger partial charge in [0.25, 0.3) is 0 Å². The summed E-state index contributed by atoms with van der Waals surface area (Å²) in [6.07, 6.45) is 3.47. The molecule has 16 heavy (non-hydrogen) atoms. The first-order valence-electron chi connectivity index (χ1n) is 5.33. The van der Waals surface area contributed by atoms with Crippen LogP contribution in [0.1, 0.15) is 20.8 Å². The summed E-state index contributed by atoms with van der Waals surface area (Å²) in [6.45, 7) is 6.12. The van der Waals surface area contributed by atoms with E-state index in [1.807, 2.05) is 45.0 Å². The van der Waals surface area contributed by atoms with E-state index in [4.69, 9.17) is 4.74 Å². The van der Waals surface area contributed by atoms with Crippen molar-refractivity contribution >= 4 is 0 Å². The number of hydrogen-bond acceptors (Lipinski definition) is 2. The number of hydrogen-bond donors (Lipinski definition) is 1. The zero-order valence-corrected chi connectivity index (χ0v) is 9.82. The highest BCUT2D eigenvalue weighted by Gasteiger charge is 2.15. The summed E-state index contributed by atoms with van der Waals surface area (Å²) in [6, 6.07) is 7.96. The van der Waals surface area contributed by atoms with E-state index in [1.165, 1.54) is 0 Å². The molecule has 0 fully saturated rings. The van der Waals surface area contributed by atoms with Crippen molar-refractivity contribution in [1.82, 2.24) is 9.97 Å². The van der Waals surface area contributed by atoms with Gasteiger partial charge in [-0.25, -0.2) is 4.98 Å². The minimum absolute atomic E-state index is 0.198. The summed E-state index contributed by atoms with van der Waals surface area (Å²) in [5.74, 6) is 0.874. The lowest BCUT2D eigenvalue weighted by Crippen LogP contribution is -2.23. The zero-order valence-electron chi connectivity index (χ0n) is 9.82. The van der Waals surface area contributed by atoms with Gasteiger partial charge in [-0.3, -0.25) is 0 Å². The summed E-state index contributed by atoms with van der Waals surface area (Å²) >= 11 is 0. The average molecular weight is 216 g/mol. The SMILES string of the molecule is CC(C)(C)Oc1ccccc1-c1cnc[nH]1. The van der Waals surface area contributed by atoms with Crippen molar-refractivity contribution in [3.8, 4) is 17.0 Å². The first kappa shape index (κ1) is 10.7. The summed E-state index contributed by atoms with van der Waals surface area (Å²) in [4.78, 5) is 7.11. The van der Waals surface area contributed by atoms with Gasteiger partial charge >= 0.3 is 0 Å². The minimum atomic E-state index is -0.198. The lowest BCUT2D eigenvalue weighted by Gasteiger charge is -2.22. The molecule has 1 aromatic heterocycles. The second-order valence-electron chi connectivity index (χ2n) is 4.68. The summed E-state index contributed by atoms with van der Waals surface area (Å²) in [7, 11) is 0. The summed E-state index contributed by atoms with van der Waals surface area (Å²) in [5, 5.41) is 0. The van der Waals surface area contributed by atoms with Crippen LogP contribution >= 0.6 is 0 Å². The maximum atomic E-state index is 5.91. The fourth-order valence-electron chi connectivity index (χ4n) is 1.51. The molecule has 84 valence electrons. The van der Waals surface area contributed by atoms with E-state index in [1.54, 1.807) is 12.5 Å². The van der Waals surface area contributed by atoms with E-state index < -0.39 is 0 Å². The van der Waals surface area contributed by atoms with Gasteiger partial charge in [-0.15, -0.1) is 0 Å². The third-order valence-electron chi connectivity index (χ3n) is 2.09. The molecular formula is C13H16N2O. The van der Waals surface area contributed by atoms with Crippen molar-refractivity contribution in [3.63, 3.8) is 0 Å². The van der Waals surface area contributed by atoms with Crippen LogP contribution in [0.25, 0.3) is 11.3 Å². The highest BCUT2D eigenvalue weighted by molar-refractivity contribution is 5.66. The standard InChI is InChI=1S/C13H16N2O/c1-13(2,3)16-12-7-5-4-6-10(12)11-8-14-9-15-11/h4-9H,1-3H3,(H,14,15). The van der Waals surface area contributed by atoms with E-state index >= 15 is 0 Å². The number of benzene rings is 1. The zero-order chi connectivity index (χ0) is 11.6. The molecule has 0 aliphatic heterocycles. The van der Waals surface area contributed by atoms with Crippen LogP contribution < -0.4 is 4.74 Å². The van der Waals surface area contributed by atoms with Crippen LogP contribution in [-0.4, -0.2) is 15.6 Å². The van der Waals surface area contributed by atoms with Gasteiger partial charge in [0.1, 0.15) is 11.4 Å². The molecule has 0 radical (unpaired) electrons. The lowest BCUT2D eigenvalue weighted by molar-refractivity contribution is 0.131. The van der Waals surface area contributed by atoms with Gasteiger partial charge in [0.15, 0.2) is 0 Å². The molecule has 0 aliphatic rings. The highest BCUT2D eigenvalue weighted by Crippen LogP contribution is 2.30. The summed E-state index contributed by atoms with van der Waals surface area (Å²) < 4.78 is 5.91. The van der Waals surface area contributed by atoms with Crippen molar-refractivity contribution in [3.05, 3.63) is 36.8 Å². The van der Waals surface area contributed by atoms with Crippen LogP contribution in [0.2, 0.25) is 0 Å². The molecule has 0 atom stereocenters. The Balaban J connectivity index is 2.39. The Morgan fingerprint density at radius 1 is 1.19 bits per heavy atom. The number of ether oxygens (including phenoxy) is 1. The van der Waals surface area contributed by atoms with Crippen molar-refractivity contribution in [2.75, 3.05) is 0 Å². The van der Waals surface area contributed by atoms with Gasteiger partial charge in [0.2, 0.25) is 0 Å². The predicted molar refractivity (Wildman–Crippen MR) is 64.4 cm³/mol. The quantitative estimate of drug-likeness (QED) is 0.836. The minimum Gasteiger partial charge on any atom is -0.487 e. The van der Waals surface area contributed by atoms with Crippen LogP contribution in [0.3, 0.4) is 0 Å². The first-order valence-corrected chi connectivity index (χ1v) is 5.33. The molecule has 0 saturated heterocycles. The molecule has 3 heteroatoms. The van der Waals surface area contributed by atoms with Crippen molar-refractivity contribution in [1.29, 1.82) is 0 Å². The van der Waals surface area contributed by atoms with Crippen LogP contribution in [0.4, 0.5) is 0 Å². The highest BCUT2D eigenvalue weighted by atomic mass is 16.5. The number of H-pyrrole nitrogens is 1. The topological polar surface area (TPSA) is 37.9 Å². The van der Waals surface area contributed by atoms with E-state index in [2.05, 4.69) is 9.97 Å². The third-order valence-corrected chi connectivity index (χ3v) is 2.09. The van der Waals surface area contributed by atoms with Crippen LogP contribution in [0.15, 0.2) is 36.8 Å². The Kier molecular flexibility index (Phi) is 2.69. The number of aromatic nitrogens is 2. The molecule has 0 spiro atoms. The second kappa shape index (κ2) is 4.00. The van der Waals surface area contributed by atoms with E-state index in [-0.39, 0.29) is 5.60 Å². The monoisotopic (exact) mass is 216 g/mol. The van der Waals surface area contributed by atoms with Gasteiger partial charge in [-0.1, -0.05) is 12.1 Å². The largest absolute Gasteiger partial charge is 0.487 e. The maximum absolute atomic E-state index is 5.91. The Morgan fingerprint density at radius 3 is 2.56 bits per heavy atom. The van der Waals surface area contributed by atoms with Crippen molar-refractivity contribution in [2.24, 2.45) is 0 Å². The Hall–Kier alpha value is -1.77. The fraction of sp³-hybridized carbons (Fsp3) is 0.308. The Morgan fingerprint density at radius 2 is 1.94 bits per heavy atom. The molecule has 0 saturated carbocycles. The molecule has 0 bridgehead atoms. The van der Waals surface area contributed by atoms with E-state index in [0.717, 1.165) is 17.0 Å². The first-order chi connectivity index (χ1) is 7.56. The molecule has 0 aliphatic carbocycles. The van der Waals surface area contributed by atoms with E-state index in [0.29, 0.717) is 0 Å². The number of aromatic amines is 1. The Bertz CT molecular complexity index is 455. The molecule has 1 aromatic carbocycles. The maximum Gasteiger partial charge on any atom is 0.129 e. The van der Waals surface area contributed by atoms with Gasteiger partial charge in [-0.05, 0) is 32.9 Å². The summed E-state index contributed by atoms with van der Waals surface area (Å²) in [5.41, 5.74) is 1.81. The number of para-hydroxylation sites is 1. The molecule has 2 rings (SSSR count). The molecule has 1 heterocycles.